The third kappa shape index (κ3) is 3.45. The highest BCUT2D eigenvalue weighted by atomic mass is 16.3. The van der Waals surface area contributed by atoms with Gasteiger partial charge in [-0.25, -0.2) is 0 Å². The minimum absolute atomic E-state index is 0.0307. The first-order valence-corrected chi connectivity index (χ1v) is 6.07. The number of aliphatic hydroxyl groups is 1. The number of carbonyl (C=O) groups is 1. The van der Waals surface area contributed by atoms with E-state index in [0.717, 1.165) is 38.5 Å². The second-order valence-electron chi connectivity index (χ2n) is 4.51. The molecule has 0 radical (unpaired) electrons. The number of rotatable bonds is 5. The van der Waals surface area contributed by atoms with Crippen LogP contribution in [0.1, 0.15) is 51.9 Å². The van der Waals surface area contributed by atoms with Crippen LogP contribution in [-0.4, -0.2) is 17.0 Å². The fraction of sp³-hybridized carbons (Fsp3) is 0.769. The lowest BCUT2D eigenvalue weighted by molar-refractivity contribution is -0.117. The van der Waals surface area contributed by atoms with Crippen LogP contribution < -0.4 is 0 Å². The first-order chi connectivity index (χ1) is 7.16. The lowest BCUT2D eigenvalue weighted by Crippen LogP contribution is -2.29. The minimum atomic E-state index is -0.353. The SMILES string of the molecule is C=C1C(=O)CCCC1C(O)CCCCC. The van der Waals surface area contributed by atoms with Crippen LogP contribution in [0.4, 0.5) is 0 Å². The molecule has 0 aliphatic heterocycles. The Morgan fingerprint density at radius 2 is 2.27 bits per heavy atom. The number of hydrogen-bond donors (Lipinski definition) is 1. The zero-order valence-corrected chi connectivity index (χ0v) is 9.67. The van der Waals surface area contributed by atoms with Crippen molar-refractivity contribution in [3.05, 3.63) is 12.2 Å². The Morgan fingerprint density at radius 3 is 2.93 bits per heavy atom. The number of ketones is 1. The summed E-state index contributed by atoms with van der Waals surface area (Å²) in [7, 11) is 0. The van der Waals surface area contributed by atoms with E-state index >= 15 is 0 Å². The first kappa shape index (κ1) is 12.4. The molecule has 2 nitrogen and oxygen atoms in total. The molecule has 0 bridgehead atoms. The molecule has 0 saturated heterocycles. The van der Waals surface area contributed by atoms with Gasteiger partial charge in [0.15, 0.2) is 5.78 Å². The van der Waals surface area contributed by atoms with Crippen LogP contribution >= 0.6 is 0 Å². The average Bonchev–Trinajstić information content (AvgIpc) is 2.22. The molecule has 0 spiro atoms. The molecule has 1 N–H and O–H groups in total. The Labute approximate surface area is 92.4 Å². The quantitative estimate of drug-likeness (QED) is 0.559. The molecule has 0 aromatic heterocycles. The molecule has 0 aromatic carbocycles. The van der Waals surface area contributed by atoms with Crippen molar-refractivity contribution < 1.29 is 9.90 Å². The van der Waals surface area contributed by atoms with Crippen LogP contribution in [0.15, 0.2) is 12.2 Å². The molecular formula is C13H22O2. The van der Waals surface area contributed by atoms with Gasteiger partial charge < -0.3 is 5.11 Å². The van der Waals surface area contributed by atoms with E-state index in [1.165, 1.54) is 0 Å². The largest absolute Gasteiger partial charge is 0.392 e. The van der Waals surface area contributed by atoms with Gasteiger partial charge in [-0.1, -0.05) is 32.8 Å². The van der Waals surface area contributed by atoms with E-state index in [0.29, 0.717) is 12.0 Å². The lowest BCUT2D eigenvalue weighted by Gasteiger charge is -2.27. The van der Waals surface area contributed by atoms with Crippen molar-refractivity contribution in [1.29, 1.82) is 0 Å². The smallest absolute Gasteiger partial charge is 0.158 e. The summed E-state index contributed by atoms with van der Waals surface area (Å²) in [4.78, 5) is 11.4. The summed E-state index contributed by atoms with van der Waals surface area (Å²) in [6.07, 6.45) is 6.29. The molecular weight excluding hydrogens is 188 g/mol. The number of aliphatic hydroxyl groups excluding tert-OH is 1. The second-order valence-corrected chi connectivity index (χ2v) is 4.51. The Morgan fingerprint density at radius 1 is 1.53 bits per heavy atom. The Kier molecular flexibility index (Phi) is 5.03. The Bertz CT molecular complexity index is 233. The predicted molar refractivity (Wildman–Crippen MR) is 61.6 cm³/mol. The van der Waals surface area contributed by atoms with Crippen molar-refractivity contribution in [2.75, 3.05) is 0 Å². The van der Waals surface area contributed by atoms with Crippen LogP contribution in [0, 0.1) is 5.92 Å². The Hall–Kier alpha value is -0.630. The van der Waals surface area contributed by atoms with Gasteiger partial charge in [0, 0.05) is 12.3 Å². The molecule has 0 amide bonds. The van der Waals surface area contributed by atoms with Crippen LogP contribution in [0.5, 0.6) is 0 Å². The maximum absolute atomic E-state index is 11.4. The van der Waals surface area contributed by atoms with Crippen molar-refractivity contribution in [2.24, 2.45) is 5.92 Å². The van der Waals surface area contributed by atoms with Crippen molar-refractivity contribution in [1.82, 2.24) is 0 Å². The average molecular weight is 210 g/mol. The standard InChI is InChI=1S/C13H22O2/c1-3-4-5-8-13(15)11-7-6-9-12(14)10(11)2/h11,13,15H,2-9H2,1H3. The van der Waals surface area contributed by atoms with E-state index in [1.807, 2.05) is 0 Å². The summed E-state index contributed by atoms with van der Waals surface area (Å²) in [5.41, 5.74) is 0.658. The highest BCUT2D eigenvalue weighted by Gasteiger charge is 2.28. The number of carbonyl (C=O) groups excluding carboxylic acids is 1. The van der Waals surface area contributed by atoms with Crippen molar-refractivity contribution in [2.45, 2.75) is 58.0 Å². The van der Waals surface area contributed by atoms with Gasteiger partial charge in [0.1, 0.15) is 0 Å². The van der Waals surface area contributed by atoms with E-state index in [1.54, 1.807) is 0 Å². The fourth-order valence-corrected chi connectivity index (χ4v) is 2.25. The normalized spacial score (nSPS) is 24.3. The first-order valence-electron chi connectivity index (χ1n) is 6.07. The highest BCUT2D eigenvalue weighted by Crippen LogP contribution is 2.30. The minimum Gasteiger partial charge on any atom is -0.392 e. The molecule has 2 atom stereocenters. The maximum atomic E-state index is 11.4. The molecule has 2 unspecified atom stereocenters. The van der Waals surface area contributed by atoms with Gasteiger partial charge in [-0.05, 0) is 24.8 Å². The molecule has 0 heterocycles. The van der Waals surface area contributed by atoms with Crippen LogP contribution in [0.2, 0.25) is 0 Å². The van der Waals surface area contributed by atoms with Crippen molar-refractivity contribution in [3.8, 4) is 0 Å². The topological polar surface area (TPSA) is 37.3 Å². The summed E-state index contributed by atoms with van der Waals surface area (Å²) in [5, 5.41) is 9.98. The third-order valence-corrected chi connectivity index (χ3v) is 3.29. The van der Waals surface area contributed by atoms with E-state index in [2.05, 4.69) is 13.5 Å². The van der Waals surface area contributed by atoms with E-state index in [-0.39, 0.29) is 17.8 Å². The van der Waals surface area contributed by atoms with Crippen LogP contribution in [-0.2, 0) is 4.79 Å². The third-order valence-electron chi connectivity index (χ3n) is 3.29. The lowest BCUT2D eigenvalue weighted by atomic mass is 9.79. The van der Waals surface area contributed by atoms with Gasteiger partial charge in [-0.3, -0.25) is 4.79 Å². The molecule has 1 aliphatic rings. The maximum Gasteiger partial charge on any atom is 0.158 e. The summed E-state index contributed by atoms with van der Waals surface area (Å²) < 4.78 is 0. The molecule has 1 aliphatic carbocycles. The second kappa shape index (κ2) is 6.06. The number of unbranched alkanes of at least 4 members (excludes halogenated alkanes) is 2. The van der Waals surface area contributed by atoms with Gasteiger partial charge >= 0.3 is 0 Å². The molecule has 0 aromatic rings. The molecule has 2 heteroatoms. The number of Topliss-reactive ketones (excluding diaryl/α,β-unsaturated/α-hetero) is 1. The highest BCUT2D eigenvalue weighted by molar-refractivity contribution is 5.95. The van der Waals surface area contributed by atoms with Gasteiger partial charge in [-0.2, -0.15) is 0 Å². The molecule has 15 heavy (non-hydrogen) atoms. The van der Waals surface area contributed by atoms with Gasteiger partial charge in [0.2, 0.25) is 0 Å². The van der Waals surface area contributed by atoms with E-state index < -0.39 is 0 Å². The van der Waals surface area contributed by atoms with Gasteiger partial charge in [0.25, 0.3) is 0 Å². The van der Waals surface area contributed by atoms with Gasteiger partial charge in [0.05, 0.1) is 6.10 Å². The zero-order chi connectivity index (χ0) is 11.3. The Balaban J connectivity index is 2.40. The zero-order valence-electron chi connectivity index (χ0n) is 9.67. The molecule has 1 rings (SSSR count). The number of hydrogen-bond acceptors (Lipinski definition) is 2. The predicted octanol–water partition coefficient (Wildman–Crippen LogP) is 2.85. The molecule has 86 valence electrons. The fourth-order valence-electron chi connectivity index (χ4n) is 2.25. The van der Waals surface area contributed by atoms with E-state index in [9.17, 15) is 9.90 Å². The van der Waals surface area contributed by atoms with Crippen molar-refractivity contribution >= 4 is 5.78 Å². The van der Waals surface area contributed by atoms with Crippen molar-refractivity contribution in [3.63, 3.8) is 0 Å². The molecule has 1 fully saturated rings. The monoisotopic (exact) mass is 210 g/mol. The summed E-state index contributed by atoms with van der Waals surface area (Å²) >= 11 is 0. The molecule has 1 saturated carbocycles. The summed E-state index contributed by atoms with van der Waals surface area (Å²) in [6, 6.07) is 0. The summed E-state index contributed by atoms with van der Waals surface area (Å²) in [5.74, 6) is 0.184. The van der Waals surface area contributed by atoms with Gasteiger partial charge in [-0.15, -0.1) is 0 Å². The van der Waals surface area contributed by atoms with Crippen LogP contribution in [0.3, 0.4) is 0 Å². The van der Waals surface area contributed by atoms with Crippen LogP contribution in [0.25, 0.3) is 0 Å². The van der Waals surface area contributed by atoms with E-state index in [4.69, 9.17) is 0 Å². The summed E-state index contributed by atoms with van der Waals surface area (Å²) in [6.45, 7) is 5.96.